The summed E-state index contributed by atoms with van der Waals surface area (Å²) in [5.41, 5.74) is 0.231. The van der Waals surface area contributed by atoms with Gasteiger partial charge in [0.1, 0.15) is 17.5 Å². The molecule has 0 aromatic carbocycles. The van der Waals surface area contributed by atoms with Crippen LogP contribution in [-0.4, -0.2) is 46.3 Å². The highest BCUT2D eigenvalue weighted by Gasteiger charge is 2.20. The Labute approximate surface area is 126 Å². The van der Waals surface area contributed by atoms with Crippen LogP contribution in [0.25, 0.3) is 0 Å². The Morgan fingerprint density at radius 3 is 2.50 bits per heavy atom. The third kappa shape index (κ3) is 4.83. The van der Waals surface area contributed by atoms with Gasteiger partial charge in [-0.05, 0) is 26.5 Å². The number of aryl methyl sites for hydroxylation is 1. The van der Waals surface area contributed by atoms with Gasteiger partial charge in [-0.2, -0.15) is 11.8 Å². The molecule has 0 aliphatic carbocycles. The van der Waals surface area contributed by atoms with Crippen molar-refractivity contribution in [2.75, 3.05) is 36.2 Å². The van der Waals surface area contributed by atoms with Gasteiger partial charge in [0, 0.05) is 31.3 Å². The lowest BCUT2D eigenvalue weighted by Crippen LogP contribution is -2.36. The van der Waals surface area contributed by atoms with E-state index in [0.717, 1.165) is 35.9 Å². The summed E-state index contributed by atoms with van der Waals surface area (Å²) in [6.07, 6.45) is 3.85. The van der Waals surface area contributed by atoms with Crippen LogP contribution in [0.4, 0.5) is 11.6 Å². The monoisotopic (exact) mass is 298 g/mol. The Balaban J connectivity index is 2.90. The van der Waals surface area contributed by atoms with Crippen molar-refractivity contribution in [3.05, 3.63) is 11.4 Å². The van der Waals surface area contributed by atoms with E-state index in [0.29, 0.717) is 12.3 Å². The number of thioether (sulfide) groups is 1. The Bertz CT molecular complexity index is 437. The van der Waals surface area contributed by atoms with Crippen LogP contribution in [0.1, 0.15) is 31.7 Å². The minimum Gasteiger partial charge on any atom is -0.387 e. The molecule has 6 heteroatoms. The minimum atomic E-state index is -0.748. The molecule has 0 fully saturated rings. The predicted molar refractivity (Wildman–Crippen MR) is 87.8 cm³/mol. The number of rotatable bonds is 8. The standard InChI is InChI=1S/C14H26N4OS/c1-6-7-11-17-12(15-4)10(2)13(18-11)16-8-14(3,19)9-20-5/h19H,6-9H2,1-5H3,(H2,15,16,17,18). The number of anilines is 2. The van der Waals surface area contributed by atoms with Gasteiger partial charge in [0.05, 0.1) is 5.60 Å². The summed E-state index contributed by atoms with van der Waals surface area (Å²) in [5.74, 6) is 3.16. The molecule has 114 valence electrons. The third-order valence-electron chi connectivity index (χ3n) is 2.99. The van der Waals surface area contributed by atoms with Crippen LogP contribution in [0.15, 0.2) is 0 Å². The summed E-state index contributed by atoms with van der Waals surface area (Å²) >= 11 is 1.63. The summed E-state index contributed by atoms with van der Waals surface area (Å²) in [5, 5.41) is 16.6. The number of aliphatic hydroxyl groups is 1. The van der Waals surface area contributed by atoms with Gasteiger partial charge in [-0.3, -0.25) is 0 Å². The normalized spacial score (nSPS) is 13.9. The van der Waals surface area contributed by atoms with E-state index >= 15 is 0 Å². The molecule has 0 aliphatic rings. The van der Waals surface area contributed by atoms with Crippen molar-refractivity contribution in [2.24, 2.45) is 0 Å². The lowest BCUT2D eigenvalue weighted by Gasteiger charge is -2.24. The average molecular weight is 298 g/mol. The molecule has 0 amide bonds. The highest BCUT2D eigenvalue weighted by Crippen LogP contribution is 2.21. The first-order valence-corrected chi connectivity index (χ1v) is 8.33. The first kappa shape index (κ1) is 17.0. The molecule has 3 N–H and O–H groups in total. The van der Waals surface area contributed by atoms with Gasteiger partial charge in [0.25, 0.3) is 0 Å². The lowest BCUT2D eigenvalue weighted by atomic mass is 10.1. The Morgan fingerprint density at radius 1 is 1.30 bits per heavy atom. The number of nitrogens with zero attached hydrogens (tertiary/aromatic N) is 2. The number of aromatic nitrogens is 2. The maximum atomic E-state index is 10.2. The van der Waals surface area contributed by atoms with E-state index in [2.05, 4.69) is 27.5 Å². The van der Waals surface area contributed by atoms with Crippen LogP contribution >= 0.6 is 11.8 Å². The lowest BCUT2D eigenvalue weighted by molar-refractivity contribution is 0.0996. The molecule has 1 unspecified atom stereocenters. The molecule has 5 nitrogen and oxygen atoms in total. The molecule has 1 heterocycles. The van der Waals surface area contributed by atoms with Crippen molar-refractivity contribution in [3.63, 3.8) is 0 Å². The zero-order chi connectivity index (χ0) is 15.2. The molecular weight excluding hydrogens is 272 g/mol. The fourth-order valence-corrected chi connectivity index (χ4v) is 2.67. The SMILES string of the molecule is CCCc1nc(NC)c(C)c(NCC(C)(O)CSC)n1. The second kappa shape index (κ2) is 7.69. The fourth-order valence-electron chi connectivity index (χ4n) is 1.95. The van der Waals surface area contributed by atoms with Crippen molar-refractivity contribution < 1.29 is 5.11 Å². The van der Waals surface area contributed by atoms with E-state index in [-0.39, 0.29) is 0 Å². The number of hydrogen-bond donors (Lipinski definition) is 3. The molecule has 0 bridgehead atoms. The molecule has 1 atom stereocenters. The van der Waals surface area contributed by atoms with Crippen molar-refractivity contribution in [3.8, 4) is 0 Å². The summed E-state index contributed by atoms with van der Waals surface area (Å²) in [6, 6.07) is 0. The second-order valence-corrected chi connectivity index (χ2v) is 6.11. The fraction of sp³-hybridized carbons (Fsp3) is 0.714. The first-order chi connectivity index (χ1) is 9.43. The summed E-state index contributed by atoms with van der Waals surface area (Å²) in [6.45, 7) is 6.39. The van der Waals surface area contributed by atoms with E-state index < -0.39 is 5.60 Å². The molecular formula is C14H26N4OS. The highest BCUT2D eigenvalue weighted by atomic mass is 32.2. The van der Waals surface area contributed by atoms with Gasteiger partial charge >= 0.3 is 0 Å². The molecule has 1 aromatic rings. The van der Waals surface area contributed by atoms with Gasteiger partial charge < -0.3 is 15.7 Å². The largest absolute Gasteiger partial charge is 0.387 e. The Hall–Kier alpha value is -1.01. The van der Waals surface area contributed by atoms with Crippen LogP contribution in [0.5, 0.6) is 0 Å². The maximum absolute atomic E-state index is 10.2. The zero-order valence-electron chi connectivity index (χ0n) is 13.1. The summed E-state index contributed by atoms with van der Waals surface area (Å²) in [7, 11) is 1.86. The van der Waals surface area contributed by atoms with E-state index in [1.807, 2.05) is 27.2 Å². The third-order valence-corrected chi connectivity index (χ3v) is 3.91. The first-order valence-electron chi connectivity index (χ1n) is 6.94. The molecule has 0 radical (unpaired) electrons. The molecule has 20 heavy (non-hydrogen) atoms. The highest BCUT2D eigenvalue weighted by molar-refractivity contribution is 7.98. The minimum absolute atomic E-state index is 0.473. The smallest absolute Gasteiger partial charge is 0.134 e. The van der Waals surface area contributed by atoms with Gasteiger partial charge in [-0.15, -0.1) is 0 Å². The second-order valence-electron chi connectivity index (χ2n) is 5.25. The average Bonchev–Trinajstić information content (AvgIpc) is 2.39. The predicted octanol–water partition coefficient (Wildman–Crippen LogP) is 2.31. The van der Waals surface area contributed by atoms with Gasteiger partial charge in [0.15, 0.2) is 0 Å². The van der Waals surface area contributed by atoms with Gasteiger partial charge in [-0.1, -0.05) is 6.92 Å². The quantitative estimate of drug-likeness (QED) is 0.684. The van der Waals surface area contributed by atoms with Crippen LogP contribution in [-0.2, 0) is 6.42 Å². The molecule has 1 rings (SSSR count). The van der Waals surface area contributed by atoms with E-state index in [1.165, 1.54) is 0 Å². The molecule has 1 aromatic heterocycles. The van der Waals surface area contributed by atoms with Crippen LogP contribution in [0, 0.1) is 6.92 Å². The summed E-state index contributed by atoms with van der Waals surface area (Å²) in [4.78, 5) is 9.05. The Morgan fingerprint density at radius 2 is 1.95 bits per heavy atom. The van der Waals surface area contributed by atoms with Crippen molar-refractivity contribution in [2.45, 2.75) is 39.2 Å². The van der Waals surface area contributed by atoms with Crippen molar-refractivity contribution in [1.29, 1.82) is 0 Å². The van der Waals surface area contributed by atoms with E-state index in [4.69, 9.17) is 0 Å². The van der Waals surface area contributed by atoms with E-state index in [9.17, 15) is 5.11 Å². The van der Waals surface area contributed by atoms with E-state index in [1.54, 1.807) is 11.8 Å². The van der Waals surface area contributed by atoms with Gasteiger partial charge in [-0.25, -0.2) is 9.97 Å². The number of nitrogens with one attached hydrogen (secondary N) is 2. The van der Waals surface area contributed by atoms with Crippen molar-refractivity contribution >= 4 is 23.4 Å². The molecule has 0 aliphatic heterocycles. The maximum Gasteiger partial charge on any atom is 0.134 e. The molecule has 0 saturated carbocycles. The topological polar surface area (TPSA) is 70.1 Å². The Kier molecular flexibility index (Phi) is 6.55. The molecule has 0 saturated heterocycles. The van der Waals surface area contributed by atoms with Crippen LogP contribution in [0.2, 0.25) is 0 Å². The van der Waals surface area contributed by atoms with Crippen LogP contribution < -0.4 is 10.6 Å². The number of hydrogen-bond acceptors (Lipinski definition) is 6. The van der Waals surface area contributed by atoms with Crippen LogP contribution in [0.3, 0.4) is 0 Å². The van der Waals surface area contributed by atoms with Gasteiger partial charge in [0.2, 0.25) is 0 Å². The van der Waals surface area contributed by atoms with Crippen molar-refractivity contribution in [1.82, 2.24) is 9.97 Å². The zero-order valence-corrected chi connectivity index (χ0v) is 13.9. The summed E-state index contributed by atoms with van der Waals surface area (Å²) < 4.78 is 0. The molecule has 0 spiro atoms.